The molecule has 0 aromatic rings. The second-order valence-corrected chi connectivity index (χ2v) is 4.97. The van der Waals surface area contributed by atoms with Crippen molar-refractivity contribution >= 4 is 11.8 Å². The molecule has 0 unspecified atom stereocenters. The van der Waals surface area contributed by atoms with Crippen molar-refractivity contribution in [2.75, 3.05) is 45.9 Å². The summed E-state index contributed by atoms with van der Waals surface area (Å²) in [6.45, 7) is 9.36. The average molecular weight is 258 g/mol. The highest BCUT2D eigenvalue weighted by molar-refractivity contribution is 6.35. The van der Waals surface area contributed by atoms with Crippen LogP contribution in [-0.4, -0.2) is 57.8 Å². The zero-order valence-corrected chi connectivity index (χ0v) is 11.3. The highest BCUT2D eigenvalue weighted by atomic mass is 16.5. The van der Waals surface area contributed by atoms with E-state index in [1.165, 1.54) is 4.90 Å². The number of carbonyl (C=O) groups is 2. The molecule has 0 spiro atoms. The number of ether oxygens (including phenoxy) is 1. The van der Waals surface area contributed by atoms with Gasteiger partial charge in [0.2, 0.25) is 0 Å². The van der Waals surface area contributed by atoms with Crippen molar-refractivity contribution in [2.45, 2.75) is 13.8 Å². The lowest BCUT2D eigenvalue weighted by Gasteiger charge is -2.23. The van der Waals surface area contributed by atoms with E-state index < -0.39 is 11.8 Å². The van der Waals surface area contributed by atoms with E-state index in [0.717, 1.165) is 32.8 Å². The molecular formula is C12H24N3O3+. The van der Waals surface area contributed by atoms with Crippen molar-refractivity contribution < 1.29 is 19.2 Å². The van der Waals surface area contributed by atoms with Gasteiger partial charge in [-0.2, -0.15) is 0 Å². The Morgan fingerprint density at radius 3 is 2.39 bits per heavy atom. The van der Waals surface area contributed by atoms with E-state index in [9.17, 15) is 9.59 Å². The minimum atomic E-state index is -0.541. The van der Waals surface area contributed by atoms with Crippen molar-refractivity contribution in [1.29, 1.82) is 0 Å². The number of morpholine rings is 1. The zero-order valence-electron chi connectivity index (χ0n) is 11.3. The summed E-state index contributed by atoms with van der Waals surface area (Å²) in [5.41, 5.74) is 0. The Bertz CT molecular complexity index is 276. The first-order valence-electron chi connectivity index (χ1n) is 6.57. The molecule has 104 valence electrons. The molecule has 1 aliphatic rings. The molecule has 0 aromatic heterocycles. The molecule has 1 heterocycles. The zero-order chi connectivity index (χ0) is 13.4. The predicted octanol–water partition coefficient (Wildman–Crippen LogP) is -2.21. The van der Waals surface area contributed by atoms with Crippen molar-refractivity contribution in [3.05, 3.63) is 0 Å². The van der Waals surface area contributed by atoms with Crippen LogP contribution >= 0.6 is 0 Å². The van der Waals surface area contributed by atoms with Gasteiger partial charge in [0.05, 0.1) is 26.3 Å². The standard InChI is InChI=1S/C12H23N3O3/c1-10(2)9-14-12(17)11(16)13-3-4-15-5-7-18-8-6-15/h10H,3-9H2,1-2H3,(H,13,16)(H,14,17)/p+1. The molecule has 1 aliphatic heterocycles. The average Bonchev–Trinajstić information content (AvgIpc) is 2.37. The number of carbonyl (C=O) groups excluding carboxylic acids is 2. The maximum absolute atomic E-state index is 11.4. The summed E-state index contributed by atoms with van der Waals surface area (Å²) in [6.07, 6.45) is 0. The molecule has 1 saturated heterocycles. The highest BCUT2D eigenvalue weighted by Gasteiger charge is 2.16. The molecule has 1 fully saturated rings. The second-order valence-electron chi connectivity index (χ2n) is 4.97. The lowest BCUT2D eigenvalue weighted by molar-refractivity contribution is -0.906. The van der Waals surface area contributed by atoms with E-state index in [1.807, 2.05) is 13.8 Å². The van der Waals surface area contributed by atoms with Crippen molar-refractivity contribution in [3.8, 4) is 0 Å². The number of hydrogen-bond acceptors (Lipinski definition) is 3. The summed E-state index contributed by atoms with van der Waals surface area (Å²) in [7, 11) is 0. The van der Waals surface area contributed by atoms with E-state index in [2.05, 4.69) is 10.6 Å². The van der Waals surface area contributed by atoms with Crippen LogP contribution in [0.25, 0.3) is 0 Å². The van der Waals surface area contributed by atoms with Crippen LogP contribution in [0.15, 0.2) is 0 Å². The van der Waals surface area contributed by atoms with Crippen molar-refractivity contribution in [3.63, 3.8) is 0 Å². The number of amides is 2. The molecule has 0 aromatic carbocycles. The normalized spacial score (nSPS) is 16.6. The molecule has 6 nitrogen and oxygen atoms in total. The first kappa shape index (κ1) is 14.9. The van der Waals surface area contributed by atoms with Crippen LogP contribution < -0.4 is 15.5 Å². The summed E-state index contributed by atoms with van der Waals surface area (Å²) in [5.74, 6) is -0.733. The van der Waals surface area contributed by atoms with Gasteiger partial charge in [-0.05, 0) is 5.92 Å². The minimum Gasteiger partial charge on any atom is -0.370 e. The Morgan fingerprint density at radius 1 is 1.17 bits per heavy atom. The van der Waals surface area contributed by atoms with Gasteiger partial charge < -0.3 is 20.3 Å². The third-order valence-corrected chi connectivity index (χ3v) is 2.84. The molecule has 2 amide bonds. The molecule has 0 aliphatic carbocycles. The smallest absolute Gasteiger partial charge is 0.309 e. The van der Waals surface area contributed by atoms with Crippen LogP contribution in [0.5, 0.6) is 0 Å². The Hall–Kier alpha value is -1.14. The van der Waals surface area contributed by atoms with Crippen molar-refractivity contribution in [2.24, 2.45) is 5.92 Å². The molecule has 0 bridgehead atoms. The molecule has 0 radical (unpaired) electrons. The number of hydrogen-bond donors (Lipinski definition) is 3. The third-order valence-electron chi connectivity index (χ3n) is 2.84. The Balaban J connectivity index is 2.10. The van der Waals surface area contributed by atoms with Crippen LogP contribution in [0, 0.1) is 5.92 Å². The van der Waals surface area contributed by atoms with Gasteiger partial charge in [-0.1, -0.05) is 13.8 Å². The van der Waals surface area contributed by atoms with E-state index >= 15 is 0 Å². The van der Waals surface area contributed by atoms with Gasteiger partial charge in [0, 0.05) is 6.54 Å². The van der Waals surface area contributed by atoms with Gasteiger partial charge in [-0.25, -0.2) is 0 Å². The fourth-order valence-corrected chi connectivity index (χ4v) is 1.72. The van der Waals surface area contributed by atoms with Gasteiger partial charge in [0.1, 0.15) is 13.1 Å². The Labute approximate surface area is 108 Å². The monoisotopic (exact) mass is 258 g/mol. The van der Waals surface area contributed by atoms with Crippen LogP contribution in [0.3, 0.4) is 0 Å². The van der Waals surface area contributed by atoms with Gasteiger partial charge in [-0.3, -0.25) is 9.59 Å². The SMILES string of the molecule is CC(C)CNC(=O)C(=O)NCC[NH+]1CCOCC1. The van der Waals surface area contributed by atoms with Gasteiger partial charge in [0.15, 0.2) is 0 Å². The number of nitrogens with one attached hydrogen (secondary N) is 3. The van der Waals surface area contributed by atoms with E-state index in [0.29, 0.717) is 19.0 Å². The topological polar surface area (TPSA) is 71.9 Å². The van der Waals surface area contributed by atoms with Crippen molar-refractivity contribution in [1.82, 2.24) is 10.6 Å². The quantitative estimate of drug-likeness (QED) is 0.490. The Morgan fingerprint density at radius 2 is 1.78 bits per heavy atom. The molecule has 0 atom stereocenters. The van der Waals surface area contributed by atoms with Gasteiger partial charge in [0.25, 0.3) is 0 Å². The first-order chi connectivity index (χ1) is 8.59. The van der Waals surface area contributed by atoms with Gasteiger partial charge in [-0.15, -0.1) is 0 Å². The fraction of sp³-hybridized carbons (Fsp3) is 0.833. The largest absolute Gasteiger partial charge is 0.370 e. The lowest BCUT2D eigenvalue weighted by Crippen LogP contribution is -3.14. The molecule has 18 heavy (non-hydrogen) atoms. The van der Waals surface area contributed by atoms with Crippen LogP contribution in [0.2, 0.25) is 0 Å². The molecule has 6 heteroatoms. The molecule has 3 N–H and O–H groups in total. The van der Waals surface area contributed by atoms with Crippen LogP contribution in [-0.2, 0) is 14.3 Å². The summed E-state index contributed by atoms with van der Waals surface area (Å²) in [4.78, 5) is 24.2. The molecule has 0 saturated carbocycles. The molecular weight excluding hydrogens is 234 g/mol. The summed E-state index contributed by atoms with van der Waals surface area (Å²) < 4.78 is 5.25. The molecule has 1 rings (SSSR count). The second kappa shape index (κ2) is 8.05. The van der Waals surface area contributed by atoms with E-state index in [4.69, 9.17) is 4.74 Å². The lowest BCUT2D eigenvalue weighted by atomic mass is 10.2. The first-order valence-corrected chi connectivity index (χ1v) is 6.57. The summed E-state index contributed by atoms with van der Waals surface area (Å²) >= 11 is 0. The summed E-state index contributed by atoms with van der Waals surface area (Å²) in [5, 5.41) is 5.23. The fourth-order valence-electron chi connectivity index (χ4n) is 1.72. The van der Waals surface area contributed by atoms with E-state index in [1.54, 1.807) is 0 Å². The van der Waals surface area contributed by atoms with E-state index in [-0.39, 0.29) is 0 Å². The maximum Gasteiger partial charge on any atom is 0.309 e. The minimum absolute atomic E-state index is 0.347. The predicted molar refractivity (Wildman–Crippen MR) is 67.2 cm³/mol. The third kappa shape index (κ3) is 5.97. The number of rotatable bonds is 5. The Kier molecular flexibility index (Phi) is 6.67. The number of quaternary nitrogens is 1. The van der Waals surface area contributed by atoms with Crippen LogP contribution in [0.4, 0.5) is 0 Å². The van der Waals surface area contributed by atoms with Gasteiger partial charge >= 0.3 is 11.8 Å². The maximum atomic E-state index is 11.4. The summed E-state index contributed by atoms with van der Waals surface area (Å²) in [6, 6.07) is 0. The van der Waals surface area contributed by atoms with Crippen LogP contribution in [0.1, 0.15) is 13.8 Å². The highest BCUT2D eigenvalue weighted by Crippen LogP contribution is 1.86.